The highest BCUT2D eigenvalue weighted by Crippen LogP contribution is 2.13. The number of hydrogen-bond donors (Lipinski definition) is 2. The summed E-state index contributed by atoms with van der Waals surface area (Å²) in [5, 5.41) is 10.8. The Morgan fingerprint density at radius 1 is 1.15 bits per heavy atom. The Kier molecular flexibility index (Phi) is 2.83. The van der Waals surface area contributed by atoms with Crippen molar-refractivity contribution in [1.82, 2.24) is 14.6 Å². The van der Waals surface area contributed by atoms with Crippen molar-refractivity contribution in [3.05, 3.63) is 54.0 Å². The van der Waals surface area contributed by atoms with Gasteiger partial charge in [-0.2, -0.15) is 0 Å². The van der Waals surface area contributed by atoms with Crippen LogP contribution >= 0.6 is 0 Å². The van der Waals surface area contributed by atoms with Crippen LogP contribution in [0.1, 0.15) is 16.2 Å². The smallest absolute Gasteiger partial charge is 0.257 e. The average molecular weight is 267 g/mol. The number of amides is 1. The van der Waals surface area contributed by atoms with Crippen molar-refractivity contribution in [2.24, 2.45) is 0 Å². The number of carbonyl (C=O) groups is 1. The fourth-order valence-corrected chi connectivity index (χ4v) is 1.91. The van der Waals surface area contributed by atoms with Gasteiger partial charge in [0.05, 0.1) is 5.56 Å². The number of nitrogen functional groups attached to an aromatic ring is 1. The Labute approximate surface area is 115 Å². The molecule has 0 atom stereocenters. The lowest BCUT2D eigenvalue weighted by Gasteiger charge is -2.06. The van der Waals surface area contributed by atoms with Crippen LogP contribution in [0.4, 0.5) is 11.4 Å². The van der Waals surface area contributed by atoms with Crippen LogP contribution < -0.4 is 11.1 Å². The minimum Gasteiger partial charge on any atom is -0.399 e. The lowest BCUT2D eigenvalue weighted by molar-refractivity contribution is 0.102. The summed E-state index contributed by atoms with van der Waals surface area (Å²) >= 11 is 0. The van der Waals surface area contributed by atoms with Gasteiger partial charge in [-0.25, -0.2) is 0 Å². The van der Waals surface area contributed by atoms with Crippen LogP contribution in [0, 0.1) is 6.92 Å². The van der Waals surface area contributed by atoms with Gasteiger partial charge in [0, 0.05) is 17.6 Å². The van der Waals surface area contributed by atoms with Gasteiger partial charge in [0.25, 0.3) is 5.91 Å². The Balaban J connectivity index is 1.88. The highest BCUT2D eigenvalue weighted by molar-refractivity contribution is 6.04. The summed E-state index contributed by atoms with van der Waals surface area (Å²) in [6.07, 6.45) is 1.72. The summed E-state index contributed by atoms with van der Waals surface area (Å²) in [6, 6.07) is 10.5. The van der Waals surface area contributed by atoms with Crippen molar-refractivity contribution >= 4 is 22.9 Å². The van der Waals surface area contributed by atoms with Crippen LogP contribution in [0.15, 0.2) is 42.6 Å². The molecule has 0 saturated heterocycles. The first-order chi connectivity index (χ1) is 9.63. The summed E-state index contributed by atoms with van der Waals surface area (Å²) < 4.78 is 1.78. The molecule has 6 nitrogen and oxygen atoms in total. The number of nitrogens with one attached hydrogen (secondary N) is 1. The number of benzene rings is 1. The van der Waals surface area contributed by atoms with Gasteiger partial charge >= 0.3 is 0 Å². The molecule has 1 aromatic carbocycles. The number of rotatable bonds is 2. The molecular formula is C14H13N5O. The standard InChI is InChI=1S/C14H13N5O/c1-9-17-18-13-7-2-10(8-19(9)13)14(20)16-12-5-3-11(15)4-6-12/h2-8H,15H2,1H3,(H,16,20). The Morgan fingerprint density at radius 3 is 2.65 bits per heavy atom. The van der Waals surface area contributed by atoms with Crippen molar-refractivity contribution in [2.45, 2.75) is 6.92 Å². The molecule has 0 saturated carbocycles. The van der Waals surface area contributed by atoms with E-state index in [1.807, 2.05) is 6.92 Å². The molecule has 2 heterocycles. The highest BCUT2D eigenvalue weighted by atomic mass is 16.1. The quantitative estimate of drug-likeness (QED) is 0.694. The fourth-order valence-electron chi connectivity index (χ4n) is 1.91. The molecule has 0 aliphatic heterocycles. The molecule has 2 aromatic heterocycles. The van der Waals surface area contributed by atoms with Crippen LogP contribution in [-0.2, 0) is 0 Å². The first kappa shape index (κ1) is 12.2. The summed E-state index contributed by atoms with van der Waals surface area (Å²) in [5.41, 5.74) is 8.22. The maximum absolute atomic E-state index is 12.2. The third-order valence-corrected chi connectivity index (χ3v) is 3.00. The molecule has 100 valence electrons. The van der Waals surface area contributed by atoms with Gasteiger partial charge < -0.3 is 11.1 Å². The molecule has 0 aliphatic rings. The molecular weight excluding hydrogens is 254 g/mol. The molecule has 3 aromatic rings. The zero-order valence-electron chi connectivity index (χ0n) is 10.9. The summed E-state index contributed by atoms with van der Waals surface area (Å²) in [4.78, 5) is 12.2. The van der Waals surface area contributed by atoms with E-state index in [0.717, 1.165) is 5.82 Å². The van der Waals surface area contributed by atoms with Crippen molar-refractivity contribution < 1.29 is 4.79 Å². The molecule has 3 rings (SSSR count). The summed E-state index contributed by atoms with van der Waals surface area (Å²) in [6.45, 7) is 1.83. The van der Waals surface area contributed by atoms with E-state index in [1.54, 1.807) is 47.0 Å². The fraction of sp³-hybridized carbons (Fsp3) is 0.0714. The predicted octanol–water partition coefficient (Wildman–Crippen LogP) is 1.87. The second kappa shape index (κ2) is 4.65. The second-order valence-corrected chi connectivity index (χ2v) is 4.47. The molecule has 1 amide bonds. The molecule has 0 fully saturated rings. The second-order valence-electron chi connectivity index (χ2n) is 4.47. The number of anilines is 2. The molecule has 0 radical (unpaired) electrons. The minimum absolute atomic E-state index is 0.190. The highest BCUT2D eigenvalue weighted by Gasteiger charge is 2.09. The molecule has 20 heavy (non-hydrogen) atoms. The van der Waals surface area contributed by atoms with Crippen LogP contribution in [0.25, 0.3) is 5.65 Å². The van der Waals surface area contributed by atoms with E-state index < -0.39 is 0 Å². The van der Waals surface area contributed by atoms with Crippen LogP contribution in [-0.4, -0.2) is 20.5 Å². The van der Waals surface area contributed by atoms with Gasteiger partial charge in [-0.3, -0.25) is 9.20 Å². The van der Waals surface area contributed by atoms with Gasteiger partial charge in [0.15, 0.2) is 5.65 Å². The molecule has 3 N–H and O–H groups in total. The van der Waals surface area contributed by atoms with Gasteiger partial charge in [-0.1, -0.05) is 0 Å². The Hall–Kier alpha value is -2.89. The lowest BCUT2D eigenvalue weighted by Crippen LogP contribution is -2.12. The maximum Gasteiger partial charge on any atom is 0.257 e. The number of nitrogens with two attached hydrogens (primary N) is 1. The van der Waals surface area contributed by atoms with E-state index in [9.17, 15) is 4.79 Å². The van der Waals surface area contributed by atoms with Crippen molar-refractivity contribution in [3.63, 3.8) is 0 Å². The van der Waals surface area contributed by atoms with Crippen LogP contribution in [0.3, 0.4) is 0 Å². The summed E-state index contributed by atoms with van der Waals surface area (Å²) in [7, 11) is 0. The molecule has 0 aliphatic carbocycles. The number of nitrogens with zero attached hydrogens (tertiary/aromatic N) is 3. The largest absolute Gasteiger partial charge is 0.399 e. The van der Waals surface area contributed by atoms with E-state index in [0.29, 0.717) is 22.6 Å². The predicted molar refractivity (Wildman–Crippen MR) is 76.5 cm³/mol. The van der Waals surface area contributed by atoms with E-state index in [4.69, 9.17) is 5.73 Å². The summed E-state index contributed by atoms with van der Waals surface area (Å²) in [5.74, 6) is 0.548. The zero-order valence-corrected chi connectivity index (χ0v) is 10.9. The lowest BCUT2D eigenvalue weighted by atomic mass is 10.2. The van der Waals surface area contributed by atoms with Crippen LogP contribution in [0.2, 0.25) is 0 Å². The number of carbonyl (C=O) groups excluding carboxylic acids is 1. The molecule has 0 unspecified atom stereocenters. The van der Waals surface area contributed by atoms with Gasteiger partial charge in [0.2, 0.25) is 0 Å². The molecule has 0 spiro atoms. The van der Waals surface area contributed by atoms with Gasteiger partial charge in [-0.05, 0) is 43.3 Å². The van der Waals surface area contributed by atoms with E-state index in [-0.39, 0.29) is 5.91 Å². The third-order valence-electron chi connectivity index (χ3n) is 3.00. The number of hydrogen-bond acceptors (Lipinski definition) is 4. The molecule has 6 heteroatoms. The van der Waals surface area contributed by atoms with Crippen molar-refractivity contribution in [1.29, 1.82) is 0 Å². The number of aromatic nitrogens is 3. The minimum atomic E-state index is -0.190. The van der Waals surface area contributed by atoms with E-state index in [1.165, 1.54) is 0 Å². The topological polar surface area (TPSA) is 85.3 Å². The van der Waals surface area contributed by atoms with Crippen LogP contribution in [0.5, 0.6) is 0 Å². The van der Waals surface area contributed by atoms with Crippen molar-refractivity contribution in [2.75, 3.05) is 11.1 Å². The average Bonchev–Trinajstić information content (AvgIpc) is 2.82. The number of pyridine rings is 1. The SMILES string of the molecule is Cc1nnc2ccc(C(=O)Nc3ccc(N)cc3)cn12. The van der Waals surface area contributed by atoms with E-state index in [2.05, 4.69) is 15.5 Å². The first-order valence-electron chi connectivity index (χ1n) is 6.12. The normalized spacial score (nSPS) is 10.7. The Bertz CT molecular complexity index is 776. The van der Waals surface area contributed by atoms with Gasteiger partial charge in [-0.15, -0.1) is 10.2 Å². The number of fused-ring (bicyclic) bond motifs is 1. The third kappa shape index (κ3) is 2.18. The van der Waals surface area contributed by atoms with Crippen molar-refractivity contribution in [3.8, 4) is 0 Å². The van der Waals surface area contributed by atoms with Gasteiger partial charge in [0.1, 0.15) is 5.82 Å². The first-order valence-corrected chi connectivity index (χ1v) is 6.12. The maximum atomic E-state index is 12.2. The zero-order chi connectivity index (χ0) is 14.1. The van der Waals surface area contributed by atoms with E-state index >= 15 is 0 Å². The molecule has 0 bridgehead atoms. The Morgan fingerprint density at radius 2 is 1.90 bits per heavy atom. The monoisotopic (exact) mass is 267 g/mol. The number of aryl methyl sites for hydroxylation is 1.